The van der Waals surface area contributed by atoms with Gasteiger partial charge in [0.05, 0.1) is 40.8 Å². The monoisotopic (exact) mass is 622 g/mol. The summed E-state index contributed by atoms with van der Waals surface area (Å²) in [5, 5.41) is 14.2. The molecule has 0 radical (unpaired) electrons. The van der Waals surface area contributed by atoms with Gasteiger partial charge in [0, 0.05) is 48.7 Å². The number of nitriles is 1. The topological polar surface area (TPSA) is 125 Å². The Hall–Kier alpha value is -3.77. The summed E-state index contributed by atoms with van der Waals surface area (Å²) in [4.78, 5) is 18.0. The van der Waals surface area contributed by atoms with E-state index in [9.17, 15) is 14.0 Å². The third-order valence-electron chi connectivity index (χ3n) is 9.47. The van der Waals surface area contributed by atoms with Crippen molar-refractivity contribution in [1.29, 1.82) is 5.26 Å². The number of nitrogens with two attached hydrogens (primary N) is 1. The zero-order chi connectivity index (χ0) is 30.3. The number of nitrogens with zero attached hydrogens (tertiary/aromatic N) is 6. The predicted octanol–water partition coefficient (Wildman–Crippen LogP) is 4.03. The number of alkyl halides is 1. The first kappa shape index (κ1) is 27.8. The Morgan fingerprint density at radius 1 is 1.18 bits per heavy atom. The third kappa shape index (κ3) is 4.13. The summed E-state index contributed by atoms with van der Waals surface area (Å²) in [6.45, 7) is 2.32. The Kier molecular flexibility index (Phi) is 6.56. The van der Waals surface area contributed by atoms with Crippen molar-refractivity contribution in [2.75, 3.05) is 43.9 Å². The largest absolute Gasteiger partial charge is 0.462 e. The first-order valence-corrected chi connectivity index (χ1v) is 15.5. The van der Waals surface area contributed by atoms with Crippen LogP contribution in [0, 0.1) is 23.0 Å². The number of thiophene rings is 1. The second-order valence-electron chi connectivity index (χ2n) is 12.0. The van der Waals surface area contributed by atoms with Gasteiger partial charge in [-0.15, -0.1) is 11.3 Å². The average molecular weight is 623 g/mol. The van der Waals surface area contributed by atoms with Crippen molar-refractivity contribution in [3.63, 3.8) is 0 Å². The molecule has 14 heteroatoms. The molecule has 0 saturated carbocycles. The summed E-state index contributed by atoms with van der Waals surface area (Å²) >= 11 is 0.929. The van der Waals surface area contributed by atoms with Gasteiger partial charge in [-0.2, -0.15) is 15.2 Å². The lowest BCUT2D eigenvalue weighted by atomic mass is 9.93. The number of benzene rings is 1. The van der Waals surface area contributed by atoms with Crippen molar-refractivity contribution in [1.82, 2.24) is 25.2 Å². The number of piperazine rings is 1. The van der Waals surface area contributed by atoms with Gasteiger partial charge < -0.3 is 25.4 Å². The molecule has 0 spiro atoms. The maximum atomic E-state index is 17.1. The first-order valence-electron chi connectivity index (χ1n) is 14.7. The summed E-state index contributed by atoms with van der Waals surface area (Å²) in [6.07, 6.45) is 2.36. The van der Waals surface area contributed by atoms with E-state index in [-0.39, 0.29) is 81.4 Å². The molecular weight excluding hydrogens is 593 g/mol. The molecule has 2 bridgehead atoms. The van der Waals surface area contributed by atoms with Crippen molar-refractivity contribution in [2.24, 2.45) is 0 Å². The van der Waals surface area contributed by atoms with Gasteiger partial charge in [0.25, 0.3) is 0 Å². The van der Waals surface area contributed by atoms with Crippen LogP contribution in [0.25, 0.3) is 32.2 Å². The van der Waals surface area contributed by atoms with Crippen molar-refractivity contribution < 1.29 is 22.6 Å². The van der Waals surface area contributed by atoms with E-state index in [2.05, 4.69) is 20.2 Å². The van der Waals surface area contributed by atoms with Gasteiger partial charge in [0.15, 0.2) is 11.6 Å². The molecule has 44 heavy (non-hydrogen) atoms. The van der Waals surface area contributed by atoms with Crippen molar-refractivity contribution >= 4 is 43.1 Å². The van der Waals surface area contributed by atoms with Crippen LogP contribution in [0.2, 0.25) is 0 Å². The molecule has 3 saturated heterocycles. The molecule has 0 aliphatic carbocycles. The summed E-state index contributed by atoms with van der Waals surface area (Å²) < 4.78 is 58.2. The van der Waals surface area contributed by atoms with E-state index in [1.807, 2.05) is 18.0 Å². The number of halogens is 3. The minimum atomic E-state index is -0.940. The summed E-state index contributed by atoms with van der Waals surface area (Å²) in [7, 11) is 1.84. The fourth-order valence-electron chi connectivity index (χ4n) is 7.38. The molecule has 7 heterocycles. The minimum absolute atomic E-state index is 0.000407. The first-order chi connectivity index (χ1) is 21.3. The highest BCUT2D eigenvalue weighted by Crippen LogP contribution is 2.47. The maximum absolute atomic E-state index is 17.1. The van der Waals surface area contributed by atoms with Crippen LogP contribution in [0.15, 0.2) is 6.20 Å². The second kappa shape index (κ2) is 10.4. The number of pyridine rings is 1. The number of likely N-dealkylation sites (N-methyl/N-ethyl adjacent to an activating group) is 1. The lowest BCUT2D eigenvalue weighted by Crippen LogP contribution is -2.52. The highest BCUT2D eigenvalue weighted by molar-refractivity contribution is 7.23. The zero-order valence-corrected chi connectivity index (χ0v) is 24.7. The molecular formula is C30H29F3N8O2S. The smallest absolute Gasteiger partial charge is 0.319 e. The Bertz CT molecular complexity index is 1860. The fraction of sp³-hybridized carbons (Fsp3) is 0.467. The van der Waals surface area contributed by atoms with E-state index >= 15 is 4.39 Å². The summed E-state index contributed by atoms with van der Waals surface area (Å²) in [5.74, 6) is -0.738. The number of nitrogen functional groups attached to an aromatic ring is 1. The van der Waals surface area contributed by atoms with E-state index in [1.165, 1.54) is 0 Å². The Morgan fingerprint density at radius 2 is 1.95 bits per heavy atom. The van der Waals surface area contributed by atoms with Gasteiger partial charge >= 0.3 is 6.01 Å². The van der Waals surface area contributed by atoms with Crippen LogP contribution in [0.3, 0.4) is 0 Å². The van der Waals surface area contributed by atoms with Gasteiger partial charge in [0.1, 0.15) is 35.2 Å². The van der Waals surface area contributed by atoms with E-state index in [0.29, 0.717) is 29.7 Å². The summed E-state index contributed by atoms with van der Waals surface area (Å²) in [5.41, 5.74) is 7.67. The Balaban J connectivity index is 1.36. The van der Waals surface area contributed by atoms with E-state index in [1.54, 1.807) is 0 Å². The standard InChI is InChI=1S/C30H29F3N8O2S/c1-40-9-13(31)4-16(40)10-43-30-38-26-23(29(39-30)41-14-2-3-15(41)7-36-6-14)19-12-42-11-18(19)21(24(26)33)25-22-17(5-34)28(35)44-27(22)20(32)8-37-25/h8,13-16,36H,2-4,6-7,9-12,35H2,1H3/t13-,14?,15?,16+/m1/s1. The molecule has 1 aromatic carbocycles. The molecule has 3 N–H and O–H groups in total. The van der Waals surface area contributed by atoms with Gasteiger partial charge in [-0.25, -0.2) is 13.2 Å². The predicted molar refractivity (Wildman–Crippen MR) is 159 cm³/mol. The quantitative estimate of drug-likeness (QED) is 0.337. The van der Waals surface area contributed by atoms with E-state index in [0.717, 1.165) is 49.0 Å². The third-order valence-corrected chi connectivity index (χ3v) is 10.5. The number of anilines is 2. The van der Waals surface area contributed by atoms with Crippen molar-refractivity contribution in [3.8, 4) is 23.3 Å². The van der Waals surface area contributed by atoms with Crippen LogP contribution in [-0.2, 0) is 18.0 Å². The van der Waals surface area contributed by atoms with Gasteiger partial charge in [0.2, 0.25) is 0 Å². The number of rotatable bonds is 5. The average Bonchev–Trinajstić information content (AvgIpc) is 3.76. The highest BCUT2D eigenvalue weighted by Gasteiger charge is 2.41. The minimum Gasteiger partial charge on any atom is -0.462 e. The SMILES string of the molecule is CN1C[C@H](F)C[C@H]1COc1nc(N2C3CCC2CNC3)c2c3c(c(-c4ncc(F)c5sc(N)c(C#N)c45)c(F)c2n1)COC3. The van der Waals surface area contributed by atoms with Gasteiger partial charge in [-0.1, -0.05) is 0 Å². The van der Waals surface area contributed by atoms with Crippen LogP contribution >= 0.6 is 11.3 Å². The molecule has 228 valence electrons. The molecule has 4 aromatic rings. The van der Waals surface area contributed by atoms with Crippen LogP contribution < -0.4 is 20.7 Å². The number of ether oxygens (including phenoxy) is 2. The van der Waals surface area contributed by atoms with E-state index < -0.39 is 17.8 Å². The molecule has 0 amide bonds. The van der Waals surface area contributed by atoms with Crippen molar-refractivity contribution in [3.05, 3.63) is 34.5 Å². The van der Waals surface area contributed by atoms with Crippen LogP contribution in [0.1, 0.15) is 36.0 Å². The summed E-state index contributed by atoms with van der Waals surface area (Å²) in [6, 6.07) is 2.21. The number of hydrogen-bond acceptors (Lipinski definition) is 11. The Morgan fingerprint density at radius 3 is 2.68 bits per heavy atom. The zero-order valence-electron chi connectivity index (χ0n) is 23.9. The number of fused-ring (bicyclic) bond motifs is 6. The van der Waals surface area contributed by atoms with Gasteiger partial charge in [-0.3, -0.25) is 9.88 Å². The molecule has 8 rings (SSSR count). The lowest BCUT2D eigenvalue weighted by Gasteiger charge is -2.37. The molecule has 3 aromatic heterocycles. The molecule has 3 fully saturated rings. The lowest BCUT2D eigenvalue weighted by molar-refractivity contribution is 0.135. The van der Waals surface area contributed by atoms with Crippen LogP contribution in [-0.4, -0.2) is 77.4 Å². The van der Waals surface area contributed by atoms with Gasteiger partial charge in [-0.05, 0) is 37.4 Å². The normalized spacial score (nSPS) is 24.8. The van der Waals surface area contributed by atoms with E-state index in [4.69, 9.17) is 20.2 Å². The molecule has 10 nitrogen and oxygen atoms in total. The molecule has 2 unspecified atom stereocenters. The number of aromatic nitrogens is 3. The van der Waals surface area contributed by atoms with Crippen LogP contribution in [0.4, 0.5) is 24.0 Å². The van der Waals surface area contributed by atoms with Crippen LogP contribution in [0.5, 0.6) is 6.01 Å². The number of hydrogen-bond donors (Lipinski definition) is 2. The molecule has 4 atom stereocenters. The second-order valence-corrected chi connectivity index (χ2v) is 13.0. The maximum Gasteiger partial charge on any atom is 0.319 e. The number of likely N-dealkylation sites (tertiary alicyclic amines) is 1. The van der Waals surface area contributed by atoms with Crippen molar-refractivity contribution in [2.45, 2.75) is 56.8 Å². The molecule has 4 aliphatic heterocycles. The molecule has 4 aliphatic rings. The fourth-order valence-corrected chi connectivity index (χ4v) is 8.30. The highest BCUT2D eigenvalue weighted by atomic mass is 32.1. The number of nitrogens with one attached hydrogen (secondary N) is 1. The Labute approximate surface area is 254 Å².